The van der Waals surface area contributed by atoms with E-state index in [1.165, 1.54) is 0 Å². The molecule has 4 heteroatoms. The van der Waals surface area contributed by atoms with Gasteiger partial charge >= 0.3 is 0 Å². The minimum atomic E-state index is -0.232. The predicted molar refractivity (Wildman–Crippen MR) is 56.8 cm³/mol. The number of rotatable bonds is 4. The van der Waals surface area contributed by atoms with Crippen molar-refractivity contribution in [2.75, 3.05) is 20.6 Å². The molecule has 13 heavy (non-hydrogen) atoms. The number of allylic oxidation sites excluding steroid dienone is 1. The maximum atomic E-state index is 11.4. The molecule has 0 aliphatic heterocycles. The molecule has 0 aromatic rings. The Hall–Kier alpha value is -0.640. The number of nitrogens with zero attached hydrogens (tertiary/aromatic N) is 1. The number of likely N-dealkylation sites (N-methyl/N-ethyl adjacent to an activating group) is 1. The van der Waals surface area contributed by atoms with Crippen LogP contribution in [-0.4, -0.2) is 36.6 Å². The first kappa shape index (κ1) is 10.4. The maximum Gasteiger partial charge on any atom is 0.199 e. The Bertz CT molecular complexity index is 248. The largest absolute Gasteiger partial charge is 0.385 e. The minimum Gasteiger partial charge on any atom is -0.385 e. The molecule has 0 amide bonds. The van der Waals surface area contributed by atoms with Gasteiger partial charge in [-0.1, -0.05) is 6.92 Å². The third kappa shape index (κ3) is 1.82. The molecular formula is C9H16N2OS. The summed E-state index contributed by atoms with van der Waals surface area (Å²) in [6.07, 6.45) is 1.05. The van der Waals surface area contributed by atoms with Crippen LogP contribution in [0.4, 0.5) is 0 Å². The molecular weight excluding hydrogens is 184 g/mol. The number of hydrogen-bond donors (Lipinski definition) is 2. The van der Waals surface area contributed by atoms with Crippen LogP contribution >= 0.6 is 12.6 Å². The van der Waals surface area contributed by atoms with E-state index in [4.69, 9.17) is 0 Å². The van der Waals surface area contributed by atoms with Crippen LogP contribution in [0.1, 0.15) is 13.3 Å². The highest BCUT2D eigenvalue weighted by Gasteiger charge is 2.37. The number of ketones is 1. The zero-order valence-corrected chi connectivity index (χ0v) is 9.19. The SMILES string of the molecule is CCCNC1=C(N(C)C)C(=O)C1S. The Morgan fingerprint density at radius 1 is 1.54 bits per heavy atom. The number of thiol groups is 1. The summed E-state index contributed by atoms with van der Waals surface area (Å²) < 4.78 is 0. The van der Waals surface area contributed by atoms with E-state index in [1.54, 1.807) is 0 Å². The first-order valence-electron chi connectivity index (χ1n) is 4.47. The van der Waals surface area contributed by atoms with Crippen LogP contribution in [0.5, 0.6) is 0 Å². The van der Waals surface area contributed by atoms with Crippen molar-refractivity contribution < 1.29 is 4.79 Å². The lowest BCUT2D eigenvalue weighted by molar-refractivity contribution is -0.117. The molecule has 0 spiro atoms. The second kappa shape index (κ2) is 4.05. The average Bonchev–Trinajstić information content (AvgIpc) is 2.09. The topological polar surface area (TPSA) is 32.3 Å². The summed E-state index contributed by atoms with van der Waals surface area (Å²) >= 11 is 4.20. The van der Waals surface area contributed by atoms with Gasteiger partial charge in [-0.25, -0.2) is 0 Å². The van der Waals surface area contributed by atoms with Crippen molar-refractivity contribution in [2.24, 2.45) is 0 Å². The first-order chi connectivity index (χ1) is 6.09. The summed E-state index contributed by atoms with van der Waals surface area (Å²) in [6.45, 7) is 2.99. The van der Waals surface area contributed by atoms with Crippen LogP contribution in [0.2, 0.25) is 0 Å². The highest BCUT2D eigenvalue weighted by molar-refractivity contribution is 7.82. The highest BCUT2D eigenvalue weighted by Crippen LogP contribution is 2.28. The quantitative estimate of drug-likeness (QED) is 0.653. The minimum absolute atomic E-state index is 0.118. The molecule has 1 aliphatic rings. The fourth-order valence-electron chi connectivity index (χ4n) is 1.35. The van der Waals surface area contributed by atoms with Crippen LogP contribution in [0.15, 0.2) is 11.4 Å². The highest BCUT2D eigenvalue weighted by atomic mass is 32.1. The molecule has 0 heterocycles. The van der Waals surface area contributed by atoms with Crippen molar-refractivity contribution in [1.82, 2.24) is 10.2 Å². The third-order valence-electron chi connectivity index (χ3n) is 2.02. The van der Waals surface area contributed by atoms with Gasteiger partial charge in [-0.05, 0) is 6.42 Å². The lowest BCUT2D eigenvalue weighted by atomic mass is 9.97. The van der Waals surface area contributed by atoms with E-state index < -0.39 is 0 Å². The summed E-state index contributed by atoms with van der Waals surface area (Å²) in [5, 5.41) is 2.99. The lowest BCUT2D eigenvalue weighted by Gasteiger charge is -2.33. The lowest BCUT2D eigenvalue weighted by Crippen LogP contribution is -2.45. The standard InChI is InChI=1S/C9H16N2OS/c1-4-5-10-6-7(11(2)3)8(12)9(6)13/h9-10,13H,4-5H2,1-3H3. The second-order valence-electron chi connectivity index (χ2n) is 3.35. The molecule has 0 saturated carbocycles. The van der Waals surface area contributed by atoms with Crippen molar-refractivity contribution in [2.45, 2.75) is 18.6 Å². The molecule has 0 aromatic carbocycles. The Balaban J connectivity index is 2.72. The molecule has 1 rings (SSSR count). The number of Topliss-reactive ketones (excluding diaryl/α,β-unsaturated/α-hetero) is 1. The molecule has 0 saturated heterocycles. The molecule has 1 atom stereocenters. The summed E-state index contributed by atoms with van der Waals surface area (Å²) in [5.74, 6) is 0.118. The summed E-state index contributed by atoms with van der Waals surface area (Å²) in [6, 6.07) is 0. The fraction of sp³-hybridized carbons (Fsp3) is 0.667. The summed E-state index contributed by atoms with van der Waals surface area (Å²) in [4.78, 5) is 13.2. The van der Waals surface area contributed by atoms with Crippen LogP contribution in [0.3, 0.4) is 0 Å². The van der Waals surface area contributed by atoms with Gasteiger partial charge in [-0.3, -0.25) is 4.79 Å². The van der Waals surface area contributed by atoms with Gasteiger partial charge < -0.3 is 10.2 Å². The first-order valence-corrected chi connectivity index (χ1v) is 4.98. The van der Waals surface area contributed by atoms with E-state index >= 15 is 0 Å². The zero-order chi connectivity index (χ0) is 10.0. The van der Waals surface area contributed by atoms with Crippen molar-refractivity contribution in [1.29, 1.82) is 0 Å². The van der Waals surface area contributed by atoms with E-state index in [0.29, 0.717) is 0 Å². The molecule has 0 aromatic heterocycles. The van der Waals surface area contributed by atoms with Crippen molar-refractivity contribution in [3.63, 3.8) is 0 Å². The maximum absolute atomic E-state index is 11.4. The Kier molecular flexibility index (Phi) is 3.25. The van der Waals surface area contributed by atoms with Gasteiger partial charge in [0.15, 0.2) is 5.78 Å². The van der Waals surface area contributed by atoms with Gasteiger partial charge in [-0.2, -0.15) is 12.6 Å². The fourth-order valence-corrected chi connectivity index (χ4v) is 1.68. The Morgan fingerprint density at radius 2 is 2.15 bits per heavy atom. The predicted octanol–water partition coefficient (Wildman–Crippen LogP) is 0.640. The van der Waals surface area contributed by atoms with Gasteiger partial charge in [0.1, 0.15) is 10.9 Å². The number of nitrogens with one attached hydrogen (secondary N) is 1. The third-order valence-corrected chi connectivity index (χ3v) is 2.52. The van der Waals surface area contributed by atoms with E-state index in [2.05, 4.69) is 24.9 Å². The van der Waals surface area contributed by atoms with Crippen molar-refractivity contribution in [3.05, 3.63) is 11.4 Å². The molecule has 0 fully saturated rings. The molecule has 1 aliphatic carbocycles. The van der Waals surface area contributed by atoms with Gasteiger partial charge in [0, 0.05) is 20.6 Å². The van der Waals surface area contributed by atoms with E-state index in [-0.39, 0.29) is 11.0 Å². The van der Waals surface area contributed by atoms with E-state index in [1.807, 2.05) is 19.0 Å². The van der Waals surface area contributed by atoms with Crippen LogP contribution in [-0.2, 0) is 4.79 Å². The summed E-state index contributed by atoms with van der Waals surface area (Å²) in [5.41, 5.74) is 1.74. The molecule has 0 bridgehead atoms. The molecule has 1 unspecified atom stereocenters. The summed E-state index contributed by atoms with van der Waals surface area (Å²) in [7, 11) is 3.75. The zero-order valence-electron chi connectivity index (χ0n) is 8.29. The van der Waals surface area contributed by atoms with Crippen molar-refractivity contribution in [3.8, 4) is 0 Å². The van der Waals surface area contributed by atoms with E-state index in [9.17, 15) is 4.79 Å². The molecule has 0 radical (unpaired) electrons. The Labute approximate surface area is 84.6 Å². The Morgan fingerprint density at radius 3 is 2.62 bits per heavy atom. The molecule has 74 valence electrons. The van der Waals surface area contributed by atoms with Gasteiger partial charge in [0.25, 0.3) is 0 Å². The molecule has 3 nitrogen and oxygen atoms in total. The van der Waals surface area contributed by atoms with Crippen LogP contribution in [0.25, 0.3) is 0 Å². The van der Waals surface area contributed by atoms with Crippen molar-refractivity contribution >= 4 is 18.4 Å². The smallest absolute Gasteiger partial charge is 0.199 e. The monoisotopic (exact) mass is 200 g/mol. The second-order valence-corrected chi connectivity index (χ2v) is 3.87. The number of carbonyl (C=O) groups excluding carboxylic acids is 1. The number of carbonyl (C=O) groups is 1. The number of hydrogen-bond acceptors (Lipinski definition) is 4. The van der Waals surface area contributed by atoms with Crippen LogP contribution in [0, 0.1) is 0 Å². The average molecular weight is 200 g/mol. The van der Waals surface area contributed by atoms with Gasteiger partial charge in [0.05, 0.1) is 5.70 Å². The van der Waals surface area contributed by atoms with Gasteiger partial charge in [-0.15, -0.1) is 0 Å². The normalized spacial score (nSPS) is 21.5. The van der Waals surface area contributed by atoms with E-state index in [0.717, 1.165) is 24.4 Å². The van der Waals surface area contributed by atoms with Gasteiger partial charge in [0.2, 0.25) is 0 Å². The molecule has 1 N–H and O–H groups in total. The van der Waals surface area contributed by atoms with Crippen LogP contribution < -0.4 is 5.32 Å².